The van der Waals surface area contributed by atoms with Crippen molar-refractivity contribution in [2.75, 3.05) is 33.2 Å². The van der Waals surface area contributed by atoms with Gasteiger partial charge in [-0.1, -0.05) is 18.2 Å². The Balaban J connectivity index is 1.43. The molecule has 7 heteroatoms. The Hall–Kier alpha value is -2.67. The molecule has 2 aliphatic rings. The van der Waals surface area contributed by atoms with Crippen LogP contribution in [0, 0.1) is 0 Å². The Bertz CT molecular complexity index is 822. The number of rotatable bonds is 4. The quantitative estimate of drug-likeness (QED) is 0.856. The summed E-state index contributed by atoms with van der Waals surface area (Å²) in [5.74, 6) is 0.208. The van der Waals surface area contributed by atoms with Crippen LogP contribution in [0.25, 0.3) is 0 Å². The lowest BCUT2D eigenvalue weighted by Gasteiger charge is -2.43. The van der Waals surface area contributed by atoms with Crippen molar-refractivity contribution in [3.63, 3.8) is 0 Å². The molecular formula is C22H29N5O2. The number of likely N-dealkylation sites (N-methyl/N-ethyl adjacent to an activating group) is 1. The van der Waals surface area contributed by atoms with Gasteiger partial charge in [0.25, 0.3) is 11.8 Å². The highest BCUT2D eigenvalue weighted by Gasteiger charge is 2.45. The highest BCUT2D eigenvalue weighted by molar-refractivity contribution is 5.94. The van der Waals surface area contributed by atoms with Gasteiger partial charge in [0, 0.05) is 44.1 Å². The first-order valence-corrected chi connectivity index (χ1v) is 10.4. The lowest BCUT2D eigenvalue weighted by molar-refractivity contribution is -0.144. The maximum atomic E-state index is 13.6. The van der Waals surface area contributed by atoms with Crippen LogP contribution >= 0.6 is 0 Å². The van der Waals surface area contributed by atoms with Crippen LogP contribution < -0.4 is 5.32 Å². The Morgan fingerprint density at radius 1 is 1.10 bits per heavy atom. The lowest BCUT2D eigenvalue weighted by Crippen LogP contribution is -2.58. The summed E-state index contributed by atoms with van der Waals surface area (Å²) in [6, 6.07) is 11.4. The van der Waals surface area contributed by atoms with Gasteiger partial charge in [0.1, 0.15) is 5.54 Å². The van der Waals surface area contributed by atoms with Crippen LogP contribution in [0.2, 0.25) is 0 Å². The molecule has 0 saturated carbocycles. The van der Waals surface area contributed by atoms with E-state index in [2.05, 4.69) is 10.4 Å². The van der Waals surface area contributed by atoms with Gasteiger partial charge in [0.2, 0.25) is 0 Å². The number of amides is 2. The summed E-state index contributed by atoms with van der Waals surface area (Å²) in [7, 11) is 1.91. The summed E-state index contributed by atoms with van der Waals surface area (Å²) in [6.07, 6.45) is 6.72. The molecule has 4 rings (SSSR count). The Morgan fingerprint density at radius 3 is 2.41 bits per heavy atom. The molecule has 0 aliphatic carbocycles. The first-order chi connectivity index (χ1) is 14.1. The second-order valence-corrected chi connectivity index (χ2v) is 8.04. The first-order valence-electron chi connectivity index (χ1n) is 10.4. The number of aromatic nitrogens is 2. The standard InChI is InChI=1S/C22H29N5O2/c1-25(21(29)22(10-13-23-14-11-22)27-15-5-12-24-27)19-8-16-26(17-9-19)20(28)18-6-3-2-4-7-18/h2-7,12,15,19,23H,8-11,13-14,16-17H2,1H3. The van der Waals surface area contributed by atoms with Gasteiger partial charge in [0.05, 0.1) is 0 Å². The van der Waals surface area contributed by atoms with E-state index in [0.717, 1.165) is 44.3 Å². The number of carbonyl (C=O) groups excluding carboxylic acids is 2. The molecule has 3 heterocycles. The number of nitrogens with one attached hydrogen (secondary N) is 1. The first kappa shape index (κ1) is 19.6. The Labute approximate surface area is 171 Å². The fourth-order valence-corrected chi connectivity index (χ4v) is 4.62. The number of hydrogen-bond donors (Lipinski definition) is 1. The highest BCUT2D eigenvalue weighted by Crippen LogP contribution is 2.31. The molecule has 0 unspecified atom stereocenters. The van der Waals surface area contributed by atoms with Crippen molar-refractivity contribution < 1.29 is 9.59 Å². The number of hydrogen-bond acceptors (Lipinski definition) is 4. The second kappa shape index (κ2) is 8.37. The number of likely N-dealkylation sites (tertiary alicyclic amines) is 1. The van der Waals surface area contributed by atoms with E-state index in [1.807, 2.05) is 64.1 Å². The minimum absolute atomic E-state index is 0.0735. The molecule has 0 atom stereocenters. The van der Waals surface area contributed by atoms with E-state index >= 15 is 0 Å². The third-order valence-corrected chi connectivity index (χ3v) is 6.41. The predicted octanol–water partition coefficient (Wildman–Crippen LogP) is 1.73. The number of nitrogens with zero attached hydrogens (tertiary/aromatic N) is 4. The van der Waals surface area contributed by atoms with Crippen LogP contribution in [0.15, 0.2) is 48.8 Å². The molecule has 2 saturated heterocycles. The monoisotopic (exact) mass is 395 g/mol. The van der Waals surface area contributed by atoms with Gasteiger partial charge in [-0.15, -0.1) is 0 Å². The van der Waals surface area contributed by atoms with Crippen LogP contribution in [0.1, 0.15) is 36.0 Å². The van der Waals surface area contributed by atoms with Crippen LogP contribution in [0.5, 0.6) is 0 Å². The van der Waals surface area contributed by atoms with Crippen LogP contribution in [-0.4, -0.2) is 70.7 Å². The number of carbonyl (C=O) groups is 2. The van der Waals surface area contributed by atoms with Crippen LogP contribution in [0.3, 0.4) is 0 Å². The molecular weight excluding hydrogens is 366 g/mol. The molecule has 2 amide bonds. The predicted molar refractivity (Wildman–Crippen MR) is 110 cm³/mol. The van der Waals surface area contributed by atoms with Gasteiger partial charge in [-0.2, -0.15) is 5.10 Å². The minimum atomic E-state index is -0.611. The minimum Gasteiger partial charge on any atom is -0.341 e. The Kier molecular flexibility index (Phi) is 5.67. The molecule has 0 radical (unpaired) electrons. The van der Waals surface area contributed by atoms with Gasteiger partial charge < -0.3 is 15.1 Å². The van der Waals surface area contributed by atoms with E-state index in [1.54, 1.807) is 6.20 Å². The fraction of sp³-hybridized carbons (Fsp3) is 0.500. The van der Waals surface area contributed by atoms with E-state index in [9.17, 15) is 9.59 Å². The average Bonchev–Trinajstić information content (AvgIpc) is 3.34. The van der Waals surface area contributed by atoms with E-state index in [1.165, 1.54) is 0 Å². The number of benzene rings is 1. The zero-order chi connectivity index (χ0) is 20.3. The molecule has 1 aromatic heterocycles. The third kappa shape index (κ3) is 3.79. The van der Waals surface area contributed by atoms with Crippen molar-refractivity contribution in [2.24, 2.45) is 0 Å². The SMILES string of the molecule is CN(C(=O)C1(n2cccn2)CCNCC1)C1CCN(C(=O)c2ccccc2)CC1. The maximum absolute atomic E-state index is 13.6. The molecule has 7 nitrogen and oxygen atoms in total. The summed E-state index contributed by atoms with van der Waals surface area (Å²) in [5, 5.41) is 7.77. The topological polar surface area (TPSA) is 70.5 Å². The van der Waals surface area contributed by atoms with Gasteiger partial charge in [-0.25, -0.2) is 0 Å². The normalized spacial score (nSPS) is 19.7. The van der Waals surface area contributed by atoms with Crippen LogP contribution in [0.4, 0.5) is 0 Å². The van der Waals surface area contributed by atoms with Crippen molar-refractivity contribution in [1.29, 1.82) is 0 Å². The zero-order valence-corrected chi connectivity index (χ0v) is 17.0. The van der Waals surface area contributed by atoms with E-state index in [-0.39, 0.29) is 17.9 Å². The van der Waals surface area contributed by atoms with Crippen molar-refractivity contribution in [2.45, 2.75) is 37.3 Å². The lowest BCUT2D eigenvalue weighted by atomic mass is 9.86. The van der Waals surface area contributed by atoms with E-state index in [4.69, 9.17) is 0 Å². The van der Waals surface area contributed by atoms with Gasteiger partial charge >= 0.3 is 0 Å². The highest BCUT2D eigenvalue weighted by atomic mass is 16.2. The summed E-state index contributed by atoms with van der Waals surface area (Å²) in [5.41, 5.74) is 0.114. The van der Waals surface area contributed by atoms with Crippen molar-refractivity contribution in [3.8, 4) is 0 Å². The Morgan fingerprint density at radius 2 is 1.79 bits per heavy atom. The zero-order valence-electron chi connectivity index (χ0n) is 17.0. The smallest absolute Gasteiger partial charge is 0.253 e. The van der Waals surface area contributed by atoms with E-state index < -0.39 is 5.54 Å². The number of piperidine rings is 2. The van der Waals surface area contributed by atoms with Gasteiger partial charge in [-0.3, -0.25) is 14.3 Å². The summed E-state index contributed by atoms with van der Waals surface area (Å²) < 4.78 is 1.85. The summed E-state index contributed by atoms with van der Waals surface area (Å²) in [4.78, 5) is 30.1. The van der Waals surface area contributed by atoms with Gasteiger partial charge in [-0.05, 0) is 57.0 Å². The molecule has 2 aliphatic heterocycles. The molecule has 0 bridgehead atoms. The summed E-state index contributed by atoms with van der Waals surface area (Å²) >= 11 is 0. The molecule has 1 N–H and O–H groups in total. The van der Waals surface area contributed by atoms with Crippen molar-refractivity contribution >= 4 is 11.8 Å². The van der Waals surface area contributed by atoms with Crippen molar-refractivity contribution in [3.05, 3.63) is 54.4 Å². The largest absolute Gasteiger partial charge is 0.341 e. The molecule has 2 fully saturated rings. The molecule has 154 valence electrons. The maximum Gasteiger partial charge on any atom is 0.253 e. The van der Waals surface area contributed by atoms with Gasteiger partial charge in [0.15, 0.2) is 0 Å². The fourth-order valence-electron chi connectivity index (χ4n) is 4.62. The summed E-state index contributed by atoms with van der Waals surface area (Å²) in [6.45, 7) is 2.96. The molecule has 2 aromatic rings. The molecule has 29 heavy (non-hydrogen) atoms. The van der Waals surface area contributed by atoms with Crippen molar-refractivity contribution in [1.82, 2.24) is 24.9 Å². The third-order valence-electron chi connectivity index (χ3n) is 6.41. The second-order valence-electron chi connectivity index (χ2n) is 8.04. The molecule has 1 aromatic carbocycles. The van der Waals surface area contributed by atoms with Crippen LogP contribution in [-0.2, 0) is 10.3 Å². The van der Waals surface area contributed by atoms with E-state index in [0.29, 0.717) is 13.1 Å². The molecule has 0 spiro atoms. The average molecular weight is 396 g/mol.